The predicted octanol–water partition coefficient (Wildman–Crippen LogP) is 3.70. The fourth-order valence-electron chi connectivity index (χ4n) is 1.99. The smallest absolute Gasteiger partial charge is 0.351 e. The molecule has 0 spiro atoms. The van der Waals surface area contributed by atoms with Gasteiger partial charge in [-0.15, -0.1) is 11.3 Å². The van der Waals surface area contributed by atoms with Crippen molar-refractivity contribution in [3.63, 3.8) is 0 Å². The minimum absolute atomic E-state index is 0.130. The van der Waals surface area contributed by atoms with E-state index in [1.54, 1.807) is 6.92 Å². The van der Waals surface area contributed by atoms with Crippen LogP contribution >= 0.6 is 11.3 Å². The molecule has 22 heavy (non-hydrogen) atoms. The van der Waals surface area contributed by atoms with Gasteiger partial charge in [-0.25, -0.2) is 9.78 Å². The number of carbonyl (C=O) groups is 1. The van der Waals surface area contributed by atoms with Gasteiger partial charge in [0.25, 0.3) is 0 Å². The molecule has 1 aromatic heterocycles. The molecule has 116 valence electrons. The van der Waals surface area contributed by atoms with Crippen LogP contribution in [0.1, 0.15) is 29.4 Å². The van der Waals surface area contributed by atoms with Crippen molar-refractivity contribution in [2.24, 2.45) is 5.92 Å². The Bertz CT molecular complexity index is 661. The number of aromatic carboxylic acids is 1. The molecule has 0 aliphatic heterocycles. The summed E-state index contributed by atoms with van der Waals surface area (Å²) < 4.78 is 11.0. The van der Waals surface area contributed by atoms with E-state index in [0.29, 0.717) is 17.5 Å². The Hall–Kier alpha value is -2.08. The van der Waals surface area contributed by atoms with Crippen LogP contribution < -0.4 is 9.47 Å². The van der Waals surface area contributed by atoms with E-state index in [4.69, 9.17) is 9.47 Å². The molecule has 3 rings (SSSR count). The number of aromatic nitrogens is 1. The molecule has 1 saturated carbocycles. The maximum atomic E-state index is 11.2. The molecule has 0 amide bonds. The van der Waals surface area contributed by atoms with Crippen molar-refractivity contribution < 1.29 is 19.4 Å². The molecule has 1 aliphatic carbocycles. The van der Waals surface area contributed by atoms with Gasteiger partial charge < -0.3 is 14.6 Å². The molecule has 6 heteroatoms. The van der Waals surface area contributed by atoms with Crippen molar-refractivity contribution in [3.05, 3.63) is 29.1 Å². The molecule has 1 heterocycles. The Morgan fingerprint density at radius 1 is 1.32 bits per heavy atom. The molecule has 5 nitrogen and oxygen atoms in total. The topological polar surface area (TPSA) is 68.7 Å². The quantitative estimate of drug-likeness (QED) is 0.843. The summed E-state index contributed by atoms with van der Waals surface area (Å²) in [6.07, 6.45) is 2.52. The summed E-state index contributed by atoms with van der Waals surface area (Å²) in [6, 6.07) is 7.56. The summed E-state index contributed by atoms with van der Waals surface area (Å²) in [5.41, 5.74) is 0.859. The molecule has 0 bridgehead atoms. The lowest BCUT2D eigenvalue weighted by atomic mass is 10.2. The van der Waals surface area contributed by atoms with Gasteiger partial charge in [-0.05, 0) is 49.9 Å². The van der Waals surface area contributed by atoms with Gasteiger partial charge in [-0.1, -0.05) is 0 Å². The molecule has 0 unspecified atom stereocenters. The van der Waals surface area contributed by atoms with Crippen LogP contribution in [-0.2, 0) is 0 Å². The van der Waals surface area contributed by atoms with Crippen LogP contribution in [-0.4, -0.2) is 29.3 Å². The number of nitrogens with zero attached hydrogens (tertiary/aromatic N) is 1. The summed E-state index contributed by atoms with van der Waals surface area (Å²) in [5.74, 6) is 0.710. The first-order valence-electron chi connectivity index (χ1n) is 7.27. The first-order valence-corrected chi connectivity index (χ1v) is 8.09. The molecule has 0 atom stereocenters. The lowest BCUT2D eigenvalue weighted by molar-refractivity contribution is 0.0697. The van der Waals surface area contributed by atoms with Crippen LogP contribution in [0.3, 0.4) is 0 Å². The minimum Gasteiger partial charge on any atom is -0.493 e. The second-order valence-corrected chi connectivity index (χ2v) is 6.17. The summed E-state index contributed by atoms with van der Waals surface area (Å²) in [6.45, 7) is 2.96. The maximum absolute atomic E-state index is 11.2. The SMILES string of the molecule is CCOc1nc(-c2ccc(OCC3CC3)cc2)sc1C(=O)O. The van der Waals surface area contributed by atoms with E-state index >= 15 is 0 Å². The zero-order valence-corrected chi connectivity index (χ0v) is 13.1. The van der Waals surface area contributed by atoms with E-state index in [9.17, 15) is 9.90 Å². The highest BCUT2D eigenvalue weighted by molar-refractivity contribution is 7.17. The Balaban J connectivity index is 1.77. The van der Waals surface area contributed by atoms with Gasteiger partial charge in [0.05, 0.1) is 13.2 Å². The van der Waals surface area contributed by atoms with Gasteiger partial charge in [0.1, 0.15) is 10.8 Å². The van der Waals surface area contributed by atoms with Crippen molar-refractivity contribution in [1.29, 1.82) is 0 Å². The highest BCUT2D eigenvalue weighted by Crippen LogP contribution is 2.34. The average Bonchev–Trinajstić information content (AvgIpc) is 3.25. The highest BCUT2D eigenvalue weighted by atomic mass is 32.1. The number of carboxylic acid groups (broad SMARTS) is 1. The summed E-state index contributed by atoms with van der Waals surface area (Å²) in [5, 5.41) is 9.83. The lowest BCUT2D eigenvalue weighted by Crippen LogP contribution is -1.99. The third kappa shape index (κ3) is 3.39. The largest absolute Gasteiger partial charge is 0.493 e. The van der Waals surface area contributed by atoms with E-state index in [-0.39, 0.29) is 10.8 Å². The van der Waals surface area contributed by atoms with Crippen molar-refractivity contribution in [2.45, 2.75) is 19.8 Å². The van der Waals surface area contributed by atoms with Crippen molar-refractivity contribution in [1.82, 2.24) is 4.98 Å². The van der Waals surface area contributed by atoms with E-state index in [1.165, 1.54) is 12.8 Å². The van der Waals surface area contributed by atoms with Gasteiger partial charge in [-0.3, -0.25) is 0 Å². The third-order valence-corrected chi connectivity index (χ3v) is 4.43. The molecule has 0 radical (unpaired) electrons. The first-order chi connectivity index (χ1) is 10.7. The van der Waals surface area contributed by atoms with Crippen molar-refractivity contribution >= 4 is 17.3 Å². The predicted molar refractivity (Wildman–Crippen MR) is 83.9 cm³/mol. The molecule has 1 N–H and O–H groups in total. The van der Waals surface area contributed by atoms with Gasteiger partial charge in [0, 0.05) is 5.56 Å². The van der Waals surface area contributed by atoms with Crippen LogP contribution in [0.15, 0.2) is 24.3 Å². The molecular formula is C16H17NO4S. The Morgan fingerprint density at radius 2 is 2.05 bits per heavy atom. The highest BCUT2D eigenvalue weighted by Gasteiger charge is 2.22. The van der Waals surface area contributed by atoms with Gasteiger partial charge in [0.15, 0.2) is 4.88 Å². The van der Waals surface area contributed by atoms with E-state index in [1.807, 2.05) is 24.3 Å². The molecular weight excluding hydrogens is 302 g/mol. The van der Waals surface area contributed by atoms with Crippen LogP contribution in [0.4, 0.5) is 0 Å². The third-order valence-electron chi connectivity index (χ3n) is 3.36. The molecule has 1 aliphatic rings. The fourth-order valence-corrected chi connectivity index (χ4v) is 2.85. The molecule has 2 aromatic rings. The maximum Gasteiger partial charge on any atom is 0.351 e. The monoisotopic (exact) mass is 319 g/mol. The standard InChI is InChI=1S/C16H17NO4S/c1-2-20-14-13(16(18)19)22-15(17-14)11-5-7-12(8-6-11)21-9-10-3-4-10/h5-8,10H,2-4,9H2,1H3,(H,18,19). The van der Waals surface area contributed by atoms with Gasteiger partial charge in [-0.2, -0.15) is 0 Å². The molecule has 1 aromatic carbocycles. The Morgan fingerprint density at radius 3 is 2.64 bits per heavy atom. The Kier molecular flexibility index (Phi) is 4.29. The van der Waals surface area contributed by atoms with Crippen molar-refractivity contribution in [2.75, 3.05) is 13.2 Å². The lowest BCUT2D eigenvalue weighted by Gasteiger charge is -2.05. The molecule has 1 fully saturated rings. The number of benzene rings is 1. The van der Waals surface area contributed by atoms with Crippen LogP contribution in [0.25, 0.3) is 10.6 Å². The van der Waals surface area contributed by atoms with E-state index in [2.05, 4.69) is 4.98 Å². The average molecular weight is 319 g/mol. The minimum atomic E-state index is -1.02. The summed E-state index contributed by atoms with van der Waals surface area (Å²) in [4.78, 5) is 15.6. The zero-order valence-electron chi connectivity index (χ0n) is 12.2. The van der Waals surface area contributed by atoms with Crippen molar-refractivity contribution in [3.8, 4) is 22.2 Å². The summed E-state index contributed by atoms with van der Waals surface area (Å²) in [7, 11) is 0. The number of rotatable bonds is 7. The zero-order chi connectivity index (χ0) is 15.5. The Labute approximate surface area is 132 Å². The van der Waals surface area contributed by atoms with Gasteiger partial charge in [0.2, 0.25) is 5.88 Å². The van der Waals surface area contributed by atoms with E-state index < -0.39 is 5.97 Å². The van der Waals surface area contributed by atoms with Gasteiger partial charge >= 0.3 is 5.97 Å². The second-order valence-electron chi connectivity index (χ2n) is 5.17. The number of thiazole rings is 1. The number of hydrogen-bond donors (Lipinski definition) is 1. The first kappa shape index (κ1) is 14.8. The number of hydrogen-bond acceptors (Lipinski definition) is 5. The molecule has 0 saturated heterocycles. The second kappa shape index (κ2) is 6.36. The normalized spacial score (nSPS) is 13.9. The number of carboxylic acids is 1. The number of ether oxygens (including phenoxy) is 2. The van der Waals surface area contributed by atoms with Crippen LogP contribution in [0.5, 0.6) is 11.6 Å². The van der Waals surface area contributed by atoms with E-state index in [0.717, 1.165) is 29.3 Å². The van der Waals surface area contributed by atoms with Crippen LogP contribution in [0.2, 0.25) is 0 Å². The summed E-state index contributed by atoms with van der Waals surface area (Å²) >= 11 is 1.12. The fraction of sp³-hybridized carbons (Fsp3) is 0.375. The van der Waals surface area contributed by atoms with Crippen LogP contribution in [0, 0.1) is 5.92 Å².